The van der Waals surface area contributed by atoms with Gasteiger partial charge in [0.05, 0.1) is 19.3 Å². The van der Waals surface area contributed by atoms with E-state index >= 15 is 0 Å². The molecule has 1 aromatic rings. The van der Waals surface area contributed by atoms with E-state index in [1.165, 1.54) is 0 Å². The van der Waals surface area contributed by atoms with E-state index < -0.39 is 0 Å². The van der Waals surface area contributed by atoms with Crippen molar-refractivity contribution in [1.29, 1.82) is 0 Å². The SMILES string of the molecule is COc1cc(Cl)cc(C2CC(O)CCO2)c1. The van der Waals surface area contributed by atoms with Gasteiger partial charge in [0, 0.05) is 18.1 Å². The van der Waals surface area contributed by atoms with Crippen LogP contribution in [0.1, 0.15) is 24.5 Å². The number of benzene rings is 1. The van der Waals surface area contributed by atoms with E-state index in [9.17, 15) is 5.11 Å². The lowest BCUT2D eigenvalue weighted by Gasteiger charge is -2.27. The Bertz CT molecular complexity index is 367. The molecule has 2 rings (SSSR count). The van der Waals surface area contributed by atoms with E-state index in [1.807, 2.05) is 12.1 Å². The molecule has 1 aliphatic rings. The van der Waals surface area contributed by atoms with Crippen LogP contribution in [0.25, 0.3) is 0 Å². The summed E-state index contributed by atoms with van der Waals surface area (Å²) in [7, 11) is 1.60. The number of hydrogen-bond acceptors (Lipinski definition) is 3. The van der Waals surface area contributed by atoms with Crippen molar-refractivity contribution in [3.63, 3.8) is 0 Å². The van der Waals surface area contributed by atoms with Crippen LogP contribution in [0.3, 0.4) is 0 Å². The Morgan fingerprint density at radius 3 is 2.94 bits per heavy atom. The molecule has 0 spiro atoms. The highest BCUT2D eigenvalue weighted by Crippen LogP contribution is 2.32. The van der Waals surface area contributed by atoms with Crippen molar-refractivity contribution in [3.05, 3.63) is 28.8 Å². The molecule has 0 radical (unpaired) electrons. The van der Waals surface area contributed by atoms with Gasteiger partial charge < -0.3 is 14.6 Å². The molecular weight excluding hydrogens is 228 g/mol. The first-order valence-electron chi connectivity index (χ1n) is 5.33. The van der Waals surface area contributed by atoms with Gasteiger partial charge in [-0.25, -0.2) is 0 Å². The highest BCUT2D eigenvalue weighted by molar-refractivity contribution is 6.30. The van der Waals surface area contributed by atoms with Crippen molar-refractivity contribution in [2.45, 2.75) is 25.0 Å². The second-order valence-electron chi connectivity index (χ2n) is 3.96. The summed E-state index contributed by atoms with van der Waals surface area (Å²) in [6.45, 7) is 0.584. The molecule has 0 amide bonds. The van der Waals surface area contributed by atoms with Crippen LogP contribution in [0.2, 0.25) is 5.02 Å². The van der Waals surface area contributed by atoms with Crippen molar-refractivity contribution in [2.75, 3.05) is 13.7 Å². The Hall–Kier alpha value is -0.770. The summed E-state index contributed by atoms with van der Waals surface area (Å²) in [5.41, 5.74) is 0.961. The summed E-state index contributed by atoms with van der Waals surface area (Å²) >= 11 is 5.99. The summed E-state index contributed by atoms with van der Waals surface area (Å²) in [4.78, 5) is 0. The number of halogens is 1. The van der Waals surface area contributed by atoms with Gasteiger partial charge in [-0.2, -0.15) is 0 Å². The molecule has 1 N–H and O–H groups in total. The van der Waals surface area contributed by atoms with Crippen LogP contribution in [-0.2, 0) is 4.74 Å². The van der Waals surface area contributed by atoms with Crippen LogP contribution in [0.15, 0.2) is 18.2 Å². The topological polar surface area (TPSA) is 38.7 Å². The number of aliphatic hydroxyl groups is 1. The molecule has 3 nitrogen and oxygen atoms in total. The quantitative estimate of drug-likeness (QED) is 0.866. The maximum atomic E-state index is 9.59. The molecule has 2 atom stereocenters. The Morgan fingerprint density at radius 2 is 2.25 bits per heavy atom. The zero-order valence-electron chi connectivity index (χ0n) is 9.15. The molecule has 0 bridgehead atoms. The zero-order valence-corrected chi connectivity index (χ0v) is 9.91. The molecule has 1 fully saturated rings. The van der Waals surface area contributed by atoms with Crippen molar-refractivity contribution < 1.29 is 14.6 Å². The molecule has 1 saturated heterocycles. The van der Waals surface area contributed by atoms with E-state index in [-0.39, 0.29) is 12.2 Å². The fraction of sp³-hybridized carbons (Fsp3) is 0.500. The van der Waals surface area contributed by atoms with Gasteiger partial charge in [0.25, 0.3) is 0 Å². The highest BCUT2D eigenvalue weighted by atomic mass is 35.5. The molecule has 4 heteroatoms. The van der Waals surface area contributed by atoms with Crippen molar-refractivity contribution in [2.24, 2.45) is 0 Å². The predicted molar refractivity (Wildman–Crippen MR) is 61.9 cm³/mol. The van der Waals surface area contributed by atoms with Gasteiger partial charge in [-0.15, -0.1) is 0 Å². The fourth-order valence-corrected chi connectivity index (χ4v) is 2.13. The third-order valence-corrected chi connectivity index (χ3v) is 2.98. The normalized spacial score (nSPS) is 25.4. The van der Waals surface area contributed by atoms with Gasteiger partial charge in [0.1, 0.15) is 5.75 Å². The minimum atomic E-state index is -0.288. The predicted octanol–water partition coefficient (Wildman–Crippen LogP) is 2.56. The molecule has 88 valence electrons. The van der Waals surface area contributed by atoms with Crippen LogP contribution >= 0.6 is 11.6 Å². The van der Waals surface area contributed by atoms with Crippen LogP contribution in [0, 0.1) is 0 Å². The lowest BCUT2D eigenvalue weighted by atomic mass is 9.99. The average molecular weight is 243 g/mol. The molecule has 0 aromatic heterocycles. The third kappa shape index (κ3) is 2.67. The monoisotopic (exact) mass is 242 g/mol. The molecule has 1 aliphatic heterocycles. The Balaban J connectivity index is 2.21. The van der Waals surface area contributed by atoms with Crippen LogP contribution < -0.4 is 4.74 Å². The van der Waals surface area contributed by atoms with Crippen LogP contribution in [0.4, 0.5) is 0 Å². The van der Waals surface area contributed by atoms with E-state index in [2.05, 4.69) is 0 Å². The minimum absolute atomic E-state index is 0.0867. The maximum Gasteiger partial charge on any atom is 0.120 e. The second-order valence-corrected chi connectivity index (χ2v) is 4.40. The van der Waals surface area contributed by atoms with Gasteiger partial charge in [-0.05, 0) is 30.2 Å². The third-order valence-electron chi connectivity index (χ3n) is 2.76. The number of hydrogen-bond donors (Lipinski definition) is 1. The van der Waals surface area contributed by atoms with Gasteiger partial charge in [-0.1, -0.05) is 11.6 Å². The second kappa shape index (κ2) is 5.04. The Kier molecular flexibility index (Phi) is 3.69. The van der Waals surface area contributed by atoms with Crippen molar-refractivity contribution in [3.8, 4) is 5.75 Å². The molecular formula is C12H15ClO3. The standard InChI is InChI=1S/C12H15ClO3/c1-15-11-5-8(4-9(13)6-11)12-7-10(14)2-3-16-12/h4-6,10,12,14H,2-3,7H2,1H3. The summed E-state index contributed by atoms with van der Waals surface area (Å²) in [5, 5.41) is 10.2. The first-order chi connectivity index (χ1) is 7.69. The van der Waals surface area contributed by atoms with Crippen LogP contribution in [0.5, 0.6) is 5.75 Å². The van der Waals surface area contributed by atoms with E-state index in [0.29, 0.717) is 30.2 Å². The van der Waals surface area contributed by atoms with E-state index in [4.69, 9.17) is 21.1 Å². The molecule has 1 aromatic carbocycles. The summed E-state index contributed by atoms with van der Waals surface area (Å²) < 4.78 is 10.8. The number of methoxy groups -OCH3 is 1. The highest BCUT2D eigenvalue weighted by Gasteiger charge is 2.22. The number of aliphatic hydroxyl groups excluding tert-OH is 1. The fourth-order valence-electron chi connectivity index (χ4n) is 1.90. The molecule has 0 saturated carbocycles. The first kappa shape index (κ1) is 11.7. The molecule has 2 unspecified atom stereocenters. The van der Waals surface area contributed by atoms with Gasteiger partial charge in [0.2, 0.25) is 0 Å². The smallest absolute Gasteiger partial charge is 0.120 e. The van der Waals surface area contributed by atoms with E-state index in [1.54, 1.807) is 13.2 Å². The number of rotatable bonds is 2. The lowest BCUT2D eigenvalue weighted by Crippen LogP contribution is -2.23. The van der Waals surface area contributed by atoms with Crippen molar-refractivity contribution >= 4 is 11.6 Å². The summed E-state index contributed by atoms with van der Waals surface area (Å²) in [6, 6.07) is 5.51. The summed E-state index contributed by atoms with van der Waals surface area (Å²) in [6.07, 6.45) is 0.942. The number of ether oxygens (including phenoxy) is 2. The molecule has 1 heterocycles. The minimum Gasteiger partial charge on any atom is -0.497 e. The van der Waals surface area contributed by atoms with Gasteiger partial charge in [0.15, 0.2) is 0 Å². The van der Waals surface area contributed by atoms with Crippen molar-refractivity contribution in [1.82, 2.24) is 0 Å². The lowest BCUT2D eigenvalue weighted by molar-refractivity contribution is -0.0448. The Labute approximate surface area is 99.9 Å². The Morgan fingerprint density at radius 1 is 1.44 bits per heavy atom. The van der Waals surface area contributed by atoms with E-state index in [0.717, 1.165) is 5.56 Å². The molecule has 16 heavy (non-hydrogen) atoms. The molecule has 0 aliphatic carbocycles. The van der Waals surface area contributed by atoms with Crippen LogP contribution in [-0.4, -0.2) is 24.9 Å². The summed E-state index contributed by atoms with van der Waals surface area (Å²) in [5.74, 6) is 0.714. The first-order valence-corrected chi connectivity index (χ1v) is 5.71. The van der Waals surface area contributed by atoms with Gasteiger partial charge >= 0.3 is 0 Å². The largest absolute Gasteiger partial charge is 0.497 e. The maximum absolute atomic E-state index is 9.59. The average Bonchev–Trinajstić information content (AvgIpc) is 2.28. The van der Waals surface area contributed by atoms with Gasteiger partial charge in [-0.3, -0.25) is 0 Å². The zero-order chi connectivity index (χ0) is 11.5.